The van der Waals surface area contributed by atoms with Gasteiger partial charge in [0.05, 0.1) is 0 Å². The standard InChI is InChI=1S/C12H19NO3/c1-13-10(12(15)16)7-9(11(13)14)8-5-3-2-4-6-8/h8-10H,2-7H2,1H3,(H,15,16). The monoisotopic (exact) mass is 225 g/mol. The number of amides is 1. The Labute approximate surface area is 95.6 Å². The summed E-state index contributed by atoms with van der Waals surface area (Å²) in [6.07, 6.45) is 6.34. The van der Waals surface area contributed by atoms with Gasteiger partial charge < -0.3 is 10.0 Å². The lowest BCUT2D eigenvalue weighted by Crippen LogP contribution is -2.35. The number of likely N-dealkylation sites (N-methyl/N-ethyl adjacent to an activating group) is 1. The fraction of sp³-hybridized carbons (Fsp3) is 0.833. The number of likely N-dealkylation sites (tertiary alicyclic amines) is 1. The summed E-state index contributed by atoms with van der Waals surface area (Å²) in [5.41, 5.74) is 0. The number of hydrogen-bond donors (Lipinski definition) is 1. The van der Waals surface area contributed by atoms with E-state index in [9.17, 15) is 9.59 Å². The quantitative estimate of drug-likeness (QED) is 0.774. The molecule has 0 aromatic carbocycles. The van der Waals surface area contributed by atoms with Gasteiger partial charge in [-0.2, -0.15) is 0 Å². The zero-order valence-electron chi connectivity index (χ0n) is 9.69. The maximum atomic E-state index is 12.0. The maximum absolute atomic E-state index is 12.0. The summed E-state index contributed by atoms with van der Waals surface area (Å²) >= 11 is 0. The van der Waals surface area contributed by atoms with E-state index in [4.69, 9.17) is 5.11 Å². The highest BCUT2D eigenvalue weighted by Gasteiger charge is 2.44. The van der Waals surface area contributed by atoms with Crippen LogP contribution in [0.3, 0.4) is 0 Å². The Morgan fingerprint density at radius 2 is 1.94 bits per heavy atom. The highest BCUT2D eigenvalue weighted by Crippen LogP contribution is 2.37. The molecule has 4 nitrogen and oxygen atoms in total. The van der Waals surface area contributed by atoms with Crippen molar-refractivity contribution in [3.05, 3.63) is 0 Å². The van der Waals surface area contributed by atoms with Gasteiger partial charge in [-0.15, -0.1) is 0 Å². The molecule has 2 rings (SSSR count). The molecule has 0 spiro atoms. The lowest BCUT2D eigenvalue weighted by atomic mass is 9.79. The molecule has 0 bridgehead atoms. The number of hydrogen-bond acceptors (Lipinski definition) is 2. The molecule has 1 N–H and O–H groups in total. The number of nitrogens with zero attached hydrogens (tertiary/aromatic N) is 1. The number of carboxylic acid groups (broad SMARTS) is 1. The largest absolute Gasteiger partial charge is 0.480 e. The molecule has 2 aliphatic rings. The summed E-state index contributed by atoms with van der Waals surface area (Å²) in [4.78, 5) is 24.4. The molecule has 2 atom stereocenters. The molecular weight excluding hydrogens is 206 g/mol. The van der Waals surface area contributed by atoms with Gasteiger partial charge in [-0.1, -0.05) is 19.3 Å². The van der Waals surface area contributed by atoms with Gasteiger partial charge in [0.2, 0.25) is 5.91 Å². The van der Waals surface area contributed by atoms with E-state index in [1.54, 1.807) is 7.05 Å². The second-order valence-electron chi connectivity index (χ2n) is 5.04. The van der Waals surface area contributed by atoms with Crippen molar-refractivity contribution in [2.24, 2.45) is 11.8 Å². The molecule has 0 aromatic heterocycles. The first-order chi connectivity index (χ1) is 7.61. The first-order valence-corrected chi connectivity index (χ1v) is 6.10. The van der Waals surface area contributed by atoms with Crippen LogP contribution in [0.5, 0.6) is 0 Å². The molecule has 1 aliphatic heterocycles. The molecule has 0 radical (unpaired) electrons. The molecule has 1 saturated heterocycles. The Hall–Kier alpha value is -1.06. The molecule has 2 unspecified atom stereocenters. The van der Waals surface area contributed by atoms with Crippen molar-refractivity contribution in [3.63, 3.8) is 0 Å². The first-order valence-electron chi connectivity index (χ1n) is 6.10. The lowest BCUT2D eigenvalue weighted by molar-refractivity contribution is -0.145. The molecule has 4 heteroatoms. The molecule has 1 heterocycles. The van der Waals surface area contributed by atoms with Crippen LogP contribution in [0.25, 0.3) is 0 Å². The van der Waals surface area contributed by atoms with Crippen molar-refractivity contribution in [3.8, 4) is 0 Å². The zero-order valence-corrected chi connectivity index (χ0v) is 9.69. The minimum atomic E-state index is -0.867. The molecular formula is C12H19NO3. The normalized spacial score (nSPS) is 32.1. The number of rotatable bonds is 2. The highest BCUT2D eigenvalue weighted by atomic mass is 16.4. The molecule has 1 aliphatic carbocycles. The Kier molecular flexibility index (Phi) is 3.17. The summed E-state index contributed by atoms with van der Waals surface area (Å²) in [5, 5.41) is 9.02. The highest BCUT2D eigenvalue weighted by molar-refractivity contribution is 5.89. The minimum absolute atomic E-state index is 0.0357. The second-order valence-corrected chi connectivity index (χ2v) is 5.04. The lowest BCUT2D eigenvalue weighted by Gasteiger charge is -2.25. The predicted molar refractivity (Wildman–Crippen MR) is 58.9 cm³/mol. The van der Waals surface area contributed by atoms with Gasteiger partial charge in [0.25, 0.3) is 0 Å². The Balaban J connectivity index is 2.06. The van der Waals surface area contributed by atoms with Crippen LogP contribution >= 0.6 is 0 Å². The number of aliphatic carboxylic acids is 1. The summed E-state index contributed by atoms with van der Waals surface area (Å²) < 4.78 is 0. The SMILES string of the molecule is CN1C(=O)C(C2CCCCC2)CC1C(=O)O. The molecule has 90 valence electrons. The molecule has 0 aromatic rings. The van der Waals surface area contributed by atoms with Crippen molar-refractivity contribution >= 4 is 11.9 Å². The Bertz CT molecular complexity index is 297. The van der Waals surface area contributed by atoms with Crippen molar-refractivity contribution in [1.29, 1.82) is 0 Å². The molecule has 2 fully saturated rings. The van der Waals surface area contributed by atoms with Crippen LogP contribution in [0.1, 0.15) is 38.5 Å². The maximum Gasteiger partial charge on any atom is 0.326 e. The van der Waals surface area contributed by atoms with Crippen molar-refractivity contribution in [2.75, 3.05) is 7.05 Å². The zero-order chi connectivity index (χ0) is 11.7. The topological polar surface area (TPSA) is 57.6 Å². The van der Waals surface area contributed by atoms with Gasteiger partial charge >= 0.3 is 5.97 Å². The van der Waals surface area contributed by atoms with Gasteiger partial charge in [0.1, 0.15) is 6.04 Å². The third-order valence-corrected chi connectivity index (χ3v) is 4.11. The van der Waals surface area contributed by atoms with E-state index in [0.717, 1.165) is 12.8 Å². The van der Waals surface area contributed by atoms with E-state index in [2.05, 4.69) is 0 Å². The number of carbonyl (C=O) groups excluding carboxylic acids is 1. The fourth-order valence-corrected chi connectivity index (χ4v) is 3.11. The average molecular weight is 225 g/mol. The third kappa shape index (κ3) is 1.93. The van der Waals surface area contributed by atoms with Crippen molar-refractivity contribution in [1.82, 2.24) is 4.90 Å². The smallest absolute Gasteiger partial charge is 0.326 e. The second kappa shape index (κ2) is 4.44. The first kappa shape index (κ1) is 11.4. The van der Waals surface area contributed by atoms with Crippen LogP contribution in [0.2, 0.25) is 0 Å². The average Bonchev–Trinajstić information content (AvgIpc) is 2.58. The van der Waals surface area contributed by atoms with Crippen molar-refractivity contribution < 1.29 is 14.7 Å². The van der Waals surface area contributed by atoms with E-state index in [1.807, 2.05) is 0 Å². The van der Waals surface area contributed by atoms with Gasteiger partial charge in [-0.25, -0.2) is 4.79 Å². The van der Waals surface area contributed by atoms with E-state index < -0.39 is 12.0 Å². The van der Waals surface area contributed by atoms with Gasteiger partial charge in [-0.05, 0) is 25.2 Å². The fourth-order valence-electron chi connectivity index (χ4n) is 3.11. The van der Waals surface area contributed by atoms with Gasteiger partial charge in [0, 0.05) is 13.0 Å². The van der Waals surface area contributed by atoms with Crippen LogP contribution in [-0.4, -0.2) is 35.0 Å². The molecule has 16 heavy (non-hydrogen) atoms. The Morgan fingerprint density at radius 1 is 1.31 bits per heavy atom. The summed E-state index contributed by atoms with van der Waals surface area (Å²) in [6, 6.07) is -0.598. The summed E-state index contributed by atoms with van der Waals surface area (Å²) in [7, 11) is 1.62. The third-order valence-electron chi connectivity index (χ3n) is 4.11. The predicted octanol–water partition coefficient (Wildman–Crippen LogP) is 1.50. The molecule has 1 amide bonds. The van der Waals surface area contributed by atoms with Crippen LogP contribution in [0.15, 0.2) is 0 Å². The summed E-state index contributed by atoms with van der Waals surface area (Å²) in [6.45, 7) is 0. The minimum Gasteiger partial charge on any atom is -0.480 e. The van der Waals surface area contributed by atoms with E-state index >= 15 is 0 Å². The van der Waals surface area contributed by atoms with Crippen LogP contribution in [-0.2, 0) is 9.59 Å². The Morgan fingerprint density at radius 3 is 2.44 bits per heavy atom. The van der Waals surface area contributed by atoms with Crippen LogP contribution in [0.4, 0.5) is 0 Å². The number of carboxylic acids is 1. The molecule has 1 saturated carbocycles. The van der Waals surface area contributed by atoms with Gasteiger partial charge in [-0.3, -0.25) is 4.79 Å². The van der Waals surface area contributed by atoms with E-state index in [1.165, 1.54) is 24.2 Å². The van der Waals surface area contributed by atoms with Crippen LogP contribution < -0.4 is 0 Å². The van der Waals surface area contributed by atoms with Crippen molar-refractivity contribution in [2.45, 2.75) is 44.6 Å². The van der Waals surface area contributed by atoms with E-state index in [-0.39, 0.29) is 11.8 Å². The summed E-state index contributed by atoms with van der Waals surface area (Å²) in [5.74, 6) is -0.437. The van der Waals surface area contributed by atoms with Gasteiger partial charge in [0.15, 0.2) is 0 Å². The van der Waals surface area contributed by atoms with E-state index in [0.29, 0.717) is 12.3 Å². The number of carbonyl (C=O) groups is 2. The van der Waals surface area contributed by atoms with Crippen LogP contribution in [0, 0.1) is 11.8 Å².